The summed E-state index contributed by atoms with van der Waals surface area (Å²) in [4.78, 5) is 0. The molecule has 0 bridgehead atoms. The lowest BCUT2D eigenvalue weighted by molar-refractivity contribution is 0.462. The Morgan fingerprint density at radius 2 is 2.23 bits per heavy atom. The molecule has 1 rings (SSSR count). The number of benzene rings is 1. The van der Waals surface area contributed by atoms with Crippen LogP contribution in [-0.4, -0.2) is 11.1 Å². The summed E-state index contributed by atoms with van der Waals surface area (Å²) in [6, 6.07) is 3.39. The van der Waals surface area contributed by atoms with Crippen molar-refractivity contribution >= 4 is 27.5 Å². The second-order valence-electron chi connectivity index (χ2n) is 3.08. The van der Waals surface area contributed by atoms with E-state index in [-0.39, 0.29) is 11.8 Å². The number of halogens is 2. The van der Waals surface area contributed by atoms with Crippen molar-refractivity contribution in [2.24, 2.45) is 5.73 Å². The van der Waals surface area contributed by atoms with E-state index in [4.69, 9.17) is 17.3 Å². The molecule has 1 aromatic carbocycles. The van der Waals surface area contributed by atoms with Crippen LogP contribution in [0.3, 0.4) is 0 Å². The number of rotatable bonds is 2. The van der Waals surface area contributed by atoms with Gasteiger partial charge >= 0.3 is 0 Å². The van der Waals surface area contributed by atoms with Crippen LogP contribution in [0.1, 0.15) is 12.5 Å². The van der Waals surface area contributed by atoms with Gasteiger partial charge in [-0.15, -0.1) is 0 Å². The Balaban J connectivity index is 3.05. The lowest BCUT2D eigenvalue weighted by atomic mass is 10.1. The van der Waals surface area contributed by atoms with E-state index in [2.05, 4.69) is 15.9 Å². The highest BCUT2D eigenvalue weighted by molar-refractivity contribution is 9.10. The first-order chi connectivity index (χ1) is 6.00. The van der Waals surface area contributed by atoms with Gasteiger partial charge < -0.3 is 10.8 Å². The average Bonchev–Trinajstić information content (AvgIpc) is 1.98. The molecule has 0 saturated heterocycles. The fraction of sp³-hybridized carbons (Fsp3) is 0.333. The minimum Gasteiger partial charge on any atom is -0.506 e. The molecular formula is C9H11BrClNO. The Kier molecular flexibility index (Phi) is 3.59. The molecule has 3 N–H and O–H groups in total. The van der Waals surface area contributed by atoms with Crippen LogP contribution < -0.4 is 5.73 Å². The third-order valence-corrected chi connectivity index (χ3v) is 2.47. The van der Waals surface area contributed by atoms with Gasteiger partial charge in [-0.25, -0.2) is 0 Å². The lowest BCUT2D eigenvalue weighted by Crippen LogP contribution is -2.17. The smallest absolute Gasteiger partial charge is 0.133 e. The number of aromatic hydroxyl groups is 1. The molecule has 0 fully saturated rings. The van der Waals surface area contributed by atoms with E-state index in [9.17, 15) is 5.11 Å². The maximum Gasteiger partial charge on any atom is 0.133 e. The highest BCUT2D eigenvalue weighted by atomic mass is 79.9. The topological polar surface area (TPSA) is 46.2 Å². The van der Waals surface area contributed by atoms with Gasteiger partial charge in [-0.05, 0) is 47.0 Å². The molecule has 0 saturated carbocycles. The van der Waals surface area contributed by atoms with Gasteiger partial charge in [0.25, 0.3) is 0 Å². The second kappa shape index (κ2) is 4.31. The predicted octanol–water partition coefficient (Wildman–Crippen LogP) is 2.70. The number of phenolic OH excluding ortho intramolecular Hbond substituents is 1. The maximum atomic E-state index is 9.61. The molecule has 0 aliphatic heterocycles. The van der Waals surface area contributed by atoms with Crippen molar-refractivity contribution < 1.29 is 5.11 Å². The molecule has 4 heteroatoms. The first-order valence-electron chi connectivity index (χ1n) is 3.93. The van der Waals surface area contributed by atoms with Gasteiger partial charge in [0.15, 0.2) is 0 Å². The van der Waals surface area contributed by atoms with E-state index in [0.29, 0.717) is 15.9 Å². The quantitative estimate of drug-likeness (QED) is 0.863. The van der Waals surface area contributed by atoms with E-state index in [1.165, 1.54) is 0 Å². The van der Waals surface area contributed by atoms with Gasteiger partial charge in [0.1, 0.15) is 5.75 Å². The van der Waals surface area contributed by atoms with Crippen LogP contribution in [0.5, 0.6) is 5.75 Å². The molecule has 0 aliphatic rings. The number of hydrogen-bond donors (Lipinski definition) is 2. The zero-order valence-corrected chi connectivity index (χ0v) is 9.56. The Morgan fingerprint density at radius 1 is 1.62 bits per heavy atom. The van der Waals surface area contributed by atoms with Gasteiger partial charge in [-0.2, -0.15) is 0 Å². The van der Waals surface area contributed by atoms with Gasteiger partial charge in [-0.3, -0.25) is 0 Å². The van der Waals surface area contributed by atoms with Gasteiger partial charge in [0.05, 0.1) is 4.47 Å². The summed E-state index contributed by atoms with van der Waals surface area (Å²) in [5, 5.41) is 10.2. The van der Waals surface area contributed by atoms with E-state index < -0.39 is 0 Å². The molecule has 0 radical (unpaired) electrons. The van der Waals surface area contributed by atoms with Gasteiger partial charge in [0.2, 0.25) is 0 Å². The van der Waals surface area contributed by atoms with Crippen molar-refractivity contribution in [3.63, 3.8) is 0 Å². The van der Waals surface area contributed by atoms with E-state index in [1.54, 1.807) is 12.1 Å². The molecule has 72 valence electrons. The molecule has 0 unspecified atom stereocenters. The molecule has 2 nitrogen and oxygen atoms in total. The van der Waals surface area contributed by atoms with Crippen LogP contribution in [0.25, 0.3) is 0 Å². The zero-order chi connectivity index (χ0) is 10.0. The summed E-state index contributed by atoms with van der Waals surface area (Å²) in [6.07, 6.45) is 0.616. The van der Waals surface area contributed by atoms with Crippen molar-refractivity contribution in [2.45, 2.75) is 19.4 Å². The molecular weight excluding hydrogens is 253 g/mol. The normalized spacial score (nSPS) is 12.9. The van der Waals surface area contributed by atoms with Crippen LogP contribution in [0, 0.1) is 0 Å². The molecule has 0 amide bonds. The highest BCUT2D eigenvalue weighted by Crippen LogP contribution is 2.31. The average molecular weight is 265 g/mol. The van der Waals surface area contributed by atoms with Crippen molar-refractivity contribution in [2.75, 3.05) is 0 Å². The number of phenols is 1. The minimum atomic E-state index is 0.0104. The molecule has 0 aliphatic carbocycles. The predicted molar refractivity (Wildman–Crippen MR) is 58.2 cm³/mol. The highest BCUT2D eigenvalue weighted by Gasteiger charge is 2.08. The largest absolute Gasteiger partial charge is 0.506 e. The molecule has 0 heterocycles. The summed E-state index contributed by atoms with van der Waals surface area (Å²) in [5.74, 6) is 0.224. The van der Waals surface area contributed by atoms with Crippen LogP contribution in [0.4, 0.5) is 0 Å². The third kappa shape index (κ3) is 2.86. The molecule has 0 spiro atoms. The number of hydrogen-bond acceptors (Lipinski definition) is 2. The van der Waals surface area contributed by atoms with E-state index in [1.807, 2.05) is 6.92 Å². The zero-order valence-electron chi connectivity index (χ0n) is 7.22. The standard InChI is InChI=1S/C9H11BrClNO/c1-5(12)2-6-3-7(11)4-8(10)9(6)13/h3-5,13H,2,12H2,1H3/t5-/m1/s1. The Morgan fingerprint density at radius 3 is 2.77 bits per heavy atom. The molecule has 13 heavy (non-hydrogen) atoms. The SMILES string of the molecule is C[C@@H](N)Cc1cc(Cl)cc(Br)c1O. The molecule has 1 aromatic rings. The minimum absolute atomic E-state index is 0.0104. The van der Waals surface area contributed by atoms with Gasteiger partial charge in [-0.1, -0.05) is 11.6 Å². The summed E-state index contributed by atoms with van der Waals surface area (Å²) in [7, 11) is 0. The monoisotopic (exact) mass is 263 g/mol. The van der Waals surface area contributed by atoms with E-state index >= 15 is 0 Å². The molecule has 1 atom stereocenters. The van der Waals surface area contributed by atoms with Crippen LogP contribution in [0.2, 0.25) is 5.02 Å². The Bertz CT molecular complexity index is 315. The Labute approximate surface area is 90.8 Å². The lowest BCUT2D eigenvalue weighted by Gasteiger charge is -2.09. The van der Waals surface area contributed by atoms with Crippen molar-refractivity contribution in [3.8, 4) is 5.75 Å². The first-order valence-corrected chi connectivity index (χ1v) is 5.10. The van der Waals surface area contributed by atoms with Crippen molar-refractivity contribution in [1.29, 1.82) is 0 Å². The van der Waals surface area contributed by atoms with Crippen LogP contribution in [-0.2, 0) is 6.42 Å². The fourth-order valence-electron chi connectivity index (χ4n) is 1.12. The first kappa shape index (κ1) is 10.8. The van der Waals surface area contributed by atoms with Crippen molar-refractivity contribution in [3.05, 3.63) is 27.2 Å². The molecule has 0 aromatic heterocycles. The summed E-state index contributed by atoms with van der Waals surface area (Å²) in [5.41, 5.74) is 6.40. The summed E-state index contributed by atoms with van der Waals surface area (Å²) >= 11 is 9.04. The third-order valence-electron chi connectivity index (χ3n) is 1.65. The fourth-order valence-corrected chi connectivity index (χ4v) is 2.00. The van der Waals surface area contributed by atoms with Gasteiger partial charge in [0, 0.05) is 11.1 Å². The maximum absolute atomic E-state index is 9.61. The van der Waals surface area contributed by atoms with Crippen molar-refractivity contribution in [1.82, 2.24) is 0 Å². The summed E-state index contributed by atoms with van der Waals surface area (Å²) in [6.45, 7) is 1.88. The second-order valence-corrected chi connectivity index (χ2v) is 4.37. The number of nitrogens with two attached hydrogens (primary N) is 1. The summed E-state index contributed by atoms with van der Waals surface area (Å²) < 4.78 is 0.607. The van der Waals surface area contributed by atoms with Crippen LogP contribution in [0.15, 0.2) is 16.6 Å². The van der Waals surface area contributed by atoms with Crippen LogP contribution >= 0.6 is 27.5 Å². The van der Waals surface area contributed by atoms with E-state index in [0.717, 1.165) is 5.56 Å². The Hall–Kier alpha value is -0.250.